The minimum absolute atomic E-state index is 0.0718. The lowest BCUT2D eigenvalue weighted by Gasteiger charge is -2.25. The Kier molecular flexibility index (Phi) is 4.63. The van der Waals surface area contributed by atoms with Crippen molar-refractivity contribution in [2.75, 3.05) is 0 Å². The molecule has 3 atom stereocenters. The fraction of sp³-hybridized carbons (Fsp3) is 0.867. The van der Waals surface area contributed by atoms with Crippen LogP contribution < -0.4 is 5.32 Å². The van der Waals surface area contributed by atoms with Gasteiger partial charge in [-0.2, -0.15) is 5.26 Å². The topological polar surface area (TPSA) is 62.1 Å². The number of hydrogen-bond acceptors (Lipinski definition) is 4. The molecule has 0 saturated carbocycles. The Labute approximate surface area is 116 Å². The van der Waals surface area contributed by atoms with Crippen LogP contribution in [0, 0.1) is 22.7 Å². The quantitative estimate of drug-likeness (QED) is 0.780. The zero-order chi connectivity index (χ0) is 14.8. The standard InChI is InChI=1S/C15H26N2O2/c1-14(2,3)8-12-10(9-16)7-11(17-12)13(18)19-15(4,5)6/h10-12,17H,7-8H2,1-6H3. The van der Waals surface area contributed by atoms with Gasteiger partial charge in [0.15, 0.2) is 0 Å². The van der Waals surface area contributed by atoms with Gasteiger partial charge in [-0.3, -0.25) is 4.79 Å². The number of rotatable bonds is 2. The van der Waals surface area contributed by atoms with Crippen molar-refractivity contribution < 1.29 is 9.53 Å². The van der Waals surface area contributed by atoms with Gasteiger partial charge in [-0.25, -0.2) is 0 Å². The van der Waals surface area contributed by atoms with Crippen LogP contribution in [0.3, 0.4) is 0 Å². The van der Waals surface area contributed by atoms with Crippen LogP contribution >= 0.6 is 0 Å². The molecule has 1 heterocycles. The predicted molar refractivity (Wildman–Crippen MR) is 74.3 cm³/mol. The first-order valence-electron chi connectivity index (χ1n) is 6.90. The SMILES string of the molecule is CC(C)(C)CC1NC(C(=O)OC(C)(C)C)CC1C#N. The van der Waals surface area contributed by atoms with Gasteiger partial charge < -0.3 is 10.1 Å². The van der Waals surface area contributed by atoms with E-state index in [4.69, 9.17) is 4.74 Å². The lowest BCUT2D eigenvalue weighted by Crippen LogP contribution is -2.41. The zero-order valence-corrected chi connectivity index (χ0v) is 12.9. The van der Waals surface area contributed by atoms with Crippen molar-refractivity contribution in [3.8, 4) is 6.07 Å². The van der Waals surface area contributed by atoms with E-state index in [-0.39, 0.29) is 29.4 Å². The molecule has 1 rings (SSSR count). The minimum atomic E-state index is -0.483. The average molecular weight is 266 g/mol. The Morgan fingerprint density at radius 2 is 1.89 bits per heavy atom. The Hall–Kier alpha value is -1.08. The van der Waals surface area contributed by atoms with Crippen molar-refractivity contribution in [2.24, 2.45) is 11.3 Å². The van der Waals surface area contributed by atoms with Crippen molar-refractivity contribution in [1.29, 1.82) is 5.26 Å². The fourth-order valence-corrected chi connectivity index (χ4v) is 2.40. The van der Waals surface area contributed by atoms with Crippen molar-refractivity contribution in [2.45, 2.75) is 72.1 Å². The predicted octanol–water partition coefficient (Wildman–Crippen LogP) is 2.63. The molecule has 1 aliphatic heterocycles. The molecule has 1 saturated heterocycles. The third-order valence-electron chi connectivity index (χ3n) is 3.08. The van der Waals surface area contributed by atoms with E-state index in [0.29, 0.717) is 6.42 Å². The number of hydrogen-bond donors (Lipinski definition) is 1. The van der Waals surface area contributed by atoms with Crippen molar-refractivity contribution in [3.63, 3.8) is 0 Å². The van der Waals surface area contributed by atoms with Crippen LogP contribution in [0.5, 0.6) is 0 Å². The highest BCUT2D eigenvalue weighted by Crippen LogP contribution is 2.31. The number of nitrogens with one attached hydrogen (secondary N) is 1. The maximum atomic E-state index is 12.0. The number of ether oxygens (including phenoxy) is 1. The van der Waals surface area contributed by atoms with Crippen molar-refractivity contribution in [3.05, 3.63) is 0 Å². The summed E-state index contributed by atoms with van der Waals surface area (Å²) in [5.74, 6) is -0.360. The van der Waals surface area contributed by atoms with Gasteiger partial charge in [0.2, 0.25) is 0 Å². The third-order valence-corrected chi connectivity index (χ3v) is 3.08. The van der Waals surface area contributed by atoms with Gasteiger partial charge in [-0.05, 0) is 39.0 Å². The summed E-state index contributed by atoms with van der Waals surface area (Å²) in [4.78, 5) is 12.0. The van der Waals surface area contributed by atoms with Gasteiger partial charge in [-0.1, -0.05) is 20.8 Å². The molecule has 0 aromatic carbocycles. The fourth-order valence-electron chi connectivity index (χ4n) is 2.40. The van der Waals surface area contributed by atoms with E-state index in [2.05, 4.69) is 32.2 Å². The van der Waals surface area contributed by atoms with E-state index in [1.165, 1.54) is 0 Å². The Balaban J connectivity index is 2.67. The second-order valence-corrected chi connectivity index (χ2v) is 7.60. The van der Waals surface area contributed by atoms with Crippen molar-refractivity contribution >= 4 is 5.97 Å². The molecule has 3 unspecified atom stereocenters. The van der Waals surface area contributed by atoms with Crippen LogP contribution in [-0.4, -0.2) is 23.7 Å². The Morgan fingerprint density at radius 1 is 1.32 bits per heavy atom. The molecule has 1 aliphatic rings. The molecule has 0 bridgehead atoms. The second-order valence-electron chi connectivity index (χ2n) is 7.60. The Bertz CT molecular complexity index is 371. The summed E-state index contributed by atoms with van der Waals surface area (Å²) in [6.07, 6.45) is 1.43. The number of carbonyl (C=O) groups is 1. The van der Waals surface area contributed by atoms with Gasteiger partial charge in [0, 0.05) is 6.04 Å². The van der Waals surface area contributed by atoms with Gasteiger partial charge in [0.05, 0.1) is 12.0 Å². The highest BCUT2D eigenvalue weighted by molar-refractivity contribution is 5.76. The van der Waals surface area contributed by atoms with E-state index >= 15 is 0 Å². The maximum Gasteiger partial charge on any atom is 0.323 e. The average Bonchev–Trinajstić information content (AvgIpc) is 2.55. The molecular formula is C15H26N2O2. The van der Waals surface area contributed by atoms with Crippen LogP contribution in [-0.2, 0) is 9.53 Å². The summed E-state index contributed by atoms with van der Waals surface area (Å²) in [5.41, 5.74) is -0.349. The van der Waals surface area contributed by atoms with Crippen molar-refractivity contribution in [1.82, 2.24) is 5.32 Å². The molecule has 0 aromatic heterocycles. The van der Waals surface area contributed by atoms with E-state index in [9.17, 15) is 10.1 Å². The lowest BCUT2D eigenvalue weighted by molar-refractivity contribution is -0.157. The lowest BCUT2D eigenvalue weighted by atomic mass is 9.84. The summed E-state index contributed by atoms with van der Waals surface area (Å²) in [7, 11) is 0. The molecule has 0 amide bonds. The molecule has 4 heteroatoms. The van der Waals surface area contributed by atoms with Gasteiger partial charge in [0.1, 0.15) is 11.6 Å². The first-order chi connectivity index (χ1) is 8.52. The summed E-state index contributed by atoms with van der Waals surface area (Å²) in [6, 6.07) is 2.04. The van der Waals surface area contributed by atoms with Gasteiger partial charge in [-0.15, -0.1) is 0 Å². The minimum Gasteiger partial charge on any atom is -0.459 e. The monoisotopic (exact) mass is 266 g/mol. The van der Waals surface area contributed by atoms with E-state index in [0.717, 1.165) is 6.42 Å². The maximum absolute atomic E-state index is 12.0. The molecule has 0 aromatic rings. The van der Waals surface area contributed by atoms with Crippen LogP contribution in [0.2, 0.25) is 0 Å². The molecule has 1 N–H and O–H groups in total. The van der Waals surface area contributed by atoms with Crippen LogP contribution in [0.1, 0.15) is 54.4 Å². The smallest absolute Gasteiger partial charge is 0.323 e. The molecule has 0 spiro atoms. The normalized spacial score (nSPS) is 27.9. The number of carbonyl (C=O) groups excluding carboxylic acids is 1. The summed E-state index contributed by atoms with van der Waals surface area (Å²) >= 11 is 0. The highest BCUT2D eigenvalue weighted by Gasteiger charge is 2.40. The summed E-state index contributed by atoms with van der Waals surface area (Å²) in [6.45, 7) is 12.0. The number of nitrogens with zero attached hydrogens (tertiary/aromatic N) is 1. The van der Waals surface area contributed by atoms with E-state index in [1.54, 1.807) is 0 Å². The molecular weight excluding hydrogens is 240 g/mol. The first kappa shape index (κ1) is 16.0. The zero-order valence-electron chi connectivity index (χ0n) is 12.9. The van der Waals surface area contributed by atoms with Crippen LogP contribution in [0.25, 0.3) is 0 Å². The van der Waals surface area contributed by atoms with Crippen LogP contribution in [0.15, 0.2) is 0 Å². The number of esters is 1. The first-order valence-corrected chi connectivity index (χ1v) is 6.90. The summed E-state index contributed by atoms with van der Waals surface area (Å²) < 4.78 is 5.38. The summed E-state index contributed by atoms with van der Waals surface area (Å²) in [5, 5.41) is 12.5. The number of nitriles is 1. The van der Waals surface area contributed by atoms with Gasteiger partial charge in [0.25, 0.3) is 0 Å². The molecule has 0 radical (unpaired) electrons. The van der Waals surface area contributed by atoms with Crippen LogP contribution in [0.4, 0.5) is 0 Å². The van der Waals surface area contributed by atoms with Gasteiger partial charge >= 0.3 is 5.97 Å². The largest absolute Gasteiger partial charge is 0.459 e. The highest BCUT2D eigenvalue weighted by atomic mass is 16.6. The molecule has 1 fully saturated rings. The third kappa shape index (κ3) is 5.20. The van der Waals surface area contributed by atoms with E-state index in [1.807, 2.05) is 20.8 Å². The molecule has 19 heavy (non-hydrogen) atoms. The molecule has 108 valence electrons. The second kappa shape index (κ2) is 5.50. The van der Waals surface area contributed by atoms with E-state index < -0.39 is 5.60 Å². The molecule has 0 aliphatic carbocycles. The Morgan fingerprint density at radius 3 is 2.32 bits per heavy atom. The molecule has 4 nitrogen and oxygen atoms in total.